The number of aromatic nitrogens is 2. The minimum atomic E-state index is -4.08. The van der Waals surface area contributed by atoms with Gasteiger partial charge in [-0.15, -0.1) is 0 Å². The summed E-state index contributed by atoms with van der Waals surface area (Å²) in [7, 11) is -4.08. The number of carbonyl (C=O) groups excluding carboxylic acids is 2. The zero-order valence-electron chi connectivity index (χ0n) is 27.5. The smallest absolute Gasteiger partial charge is 0.409 e. The van der Waals surface area contributed by atoms with E-state index in [1.54, 1.807) is 30.3 Å². The Morgan fingerprint density at radius 3 is 2.39 bits per heavy atom. The number of ether oxygens (including phenoxy) is 1. The minimum absolute atomic E-state index is 0.0352. The van der Waals surface area contributed by atoms with Gasteiger partial charge in [0.1, 0.15) is 11.6 Å². The monoisotopic (exact) mass is 679 g/mol. The molecule has 1 aromatic heterocycles. The first-order valence-electron chi connectivity index (χ1n) is 16.8. The highest BCUT2D eigenvalue weighted by molar-refractivity contribution is 7.90. The second kappa shape index (κ2) is 15.4. The van der Waals surface area contributed by atoms with E-state index in [9.17, 15) is 18.0 Å². The topological polar surface area (TPSA) is 131 Å². The lowest BCUT2D eigenvalue weighted by atomic mass is 9.96. The summed E-state index contributed by atoms with van der Waals surface area (Å²) >= 11 is 0. The Bertz CT molecular complexity index is 2020. The number of imidazole rings is 1. The number of nitrogens with zero attached hydrogens (tertiary/aromatic N) is 2. The van der Waals surface area contributed by atoms with Crippen LogP contribution in [-0.2, 0) is 23.0 Å². The fourth-order valence-electron chi connectivity index (χ4n) is 6.21. The first kappa shape index (κ1) is 33.7. The molecule has 0 aliphatic heterocycles. The van der Waals surface area contributed by atoms with Gasteiger partial charge in [0.25, 0.3) is 10.0 Å². The predicted octanol–water partition coefficient (Wildman–Crippen LogP) is 8.03. The van der Waals surface area contributed by atoms with Crippen molar-refractivity contribution >= 4 is 38.9 Å². The second-order valence-corrected chi connectivity index (χ2v) is 14.0. The number of nitrogens with one attached hydrogen (secondary N) is 3. The molecule has 6 rings (SSSR count). The van der Waals surface area contributed by atoms with Crippen LogP contribution in [0.5, 0.6) is 5.75 Å². The molecular formula is C38H41N5O5S. The highest BCUT2D eigenvalue weighted by Crippen LogP contribution is 2.31. The molecule has 1 aliphatic carbocycles. The summed E-state index contributed by atoms with van der Waals surface area (Å²) in [6.45, 7) is 2.73. The second-order valence-electron chi connectivity index (χ2n) is 12.4. The molecule has 5 aromatic rings. The van der Waals surface area contributed by atoms with Crippen LogP contribution in [0.3, 0.4) is 0 Å². The first-order chi connectivity index (χ1) is 23.8. The lowest BCUT2D eigenvalue weighted by molar-refractivity contribution is 0.207. The van der Waals surface area contributed by atoms with Crippen LogP contribution in [0.2, 0.25) is 0 Å². The highest BCUT2D eigenvalue weighted by atomic mass is 32.2. The van der Waals surface area contributed by atoms with Crippen LogP contribution < -0.4 is 20.1 Å². The average Bonchev–Trinajstić information content (AvgIpc) is 3.44. The highest BCUT2D eigenvalue weighted by Gasteiger charge is 2.20. The molecule has 11 heteroatoms. The summed E-state index contributed by atoms with van der Waals surface area (Å²) in [5.41, 5.74) is 5.02. The van der Waals surface area contributed by atoms with Gasteiger partial charge < -0.3 is 19.9 Å². The van der Waals surface area contributed by atoms with Crippen LogP contribution in [0.15, 0.2) is 102 Å². The van der Waals surface area contributed by atoms with E-state index >= 15 is 0 Å². The average molecular weight is 680 g/mol. The summed E-state index contributed by atoms with van der Waals surface area (Å²) in [5.74, 6) is 1.21. The number of aryl methyl sites for hydroxylation is 1. The van der Waals surface area contributed by atoms with Crippen LogP contribution in [-0.4, -0.2) is 36.1 Å². The molecule has 3 N–H and O–H groups in total. The summed E-state index contributed by atoms with van der Waals surface area (Å²) in [4.78, 5) is 30.4. The lowest BCUT2D eigenvalue weighted by Gasteiger charge is -2.22. The van der Waals surface area contributed by atoms with Crippen molar-refractivity contribution in [1.82, 2.24) is 19.6 Å². The third-order valence-electron chi connectivity index (χ3n) is 8.75. The van der Waals surface area contributed by atoms with Crippen LogP contribution in [0, 0.1) is 0 Å². The molecule has 49 heavy (non-hydrogen) atoms. The number of benzene rings is 4. The minimum Gasteiger partial charge on any atom is -0.409 e. The van der Waals surface area contributed by atoms with Gasteiger partial charge in [-0.05, 0) is 66.8 Å². The fraction of sp³-hybridized carbons (Fsp3) is 0.289. The fourth-order valence-corrected chi connectivity index (χ4v) is 7.10. The van der Waals surface area contributed by atoms with E-state index in [4.69, 9.17) is 9.72 Å². The Morgan fingerprint density at radius 2 is 1.63 bits per heavy atom. The van der Waals surface area contributed by atoms with E-state index in [0.29, 0.717) is 12.1 Å². The molecular weight excluding hydrogens is 639 g/mol. The van der Waals surface area contributed by atoms with Crippen molar-refractivity contribution in [3.05, 3.63) is 108 Å². The molecule has 0 spiro atoms. The zero-order chi connectivity index (χ0) is 34.2. The zero-order valence-corrected chi connectivity index (χ0v) is 28.3. The standard InChI is InChI=1S/C38H41N5O5S/c1-2-3-18-36-41-33-24-23-30(40-37(44)39-29-12-6-4-7-13-29)25-34(33)43(36)26-27-19-21-28(22-20-27)32-16-10-11-17-35(32)48-38(45)42-49(46,47)31-14-8-5-9-15-31/h5,8-11,14-17,19-25,29H,2-4,6-7,12-13,18,26H2,1H3,(H,42,45)(H2,39,40,44). The predicted molar refractivity (Wildman–Crippen MR) is 191 cm³/mol. The third-order valence-corrected chi connectivity index (χ3v) is 10.1. The number of rotatable bonds is 11. The van der Waals surface area contributed by atoms with E-state index in [1.165, 1.54) is 18.6 Å². The summed E-state index contributed by atoms with van der Waals surface area (Å²) in [5, 5.41) is 6.15. The van der Waals surface area contributed by atoms with Gasteiger partial charge in [0.2, 0.25) is 0 Å². The molecule has 10 nitrogen and oxygen atoms in total. The molecule has 0 atom stereocenters. The number of amides is 3. The number of anilines is 1. The summed E-state index contributed by atoms with van der Waals surface area (Å²) in [6, 6.07) is 28.4. The van der Waals surface area contributed by atoms with Gasteiger partial charge in [0, 0.05) is 30.3 Å². The Balaban J connectivity index is 1.19. The molecule has 1 heterocycles. The molecule has 3 amide bonds. The molecule has 0 saturated heterocycles. The van der Waals surface area contributed by atoms with Crippen LogP contribution >= 0.6 is 0 Å². The number of para-hydroxylation sites is 1. The first-order valence-corrected chi connectivity index (χ1v) is 18.3. The number of hydrogen-bond donors (Lipinski definition) is 3. The van der Waals surface area contributed by atoms with E-state index in [1.807, 2.05) is 59.3 Å². The van der Waals surface area contributed by atoms with Gasteiger partial charge in [0.15, 0.2) is 0 Å². The Kier molecular flexibility index (Phi) is 10.6. The van der Waals surface area contributed by atoms with Crippen molar-refractivity contribution in [2.75, 3.05) is 5.32 Å². The maximum Gasteiger partial charge on any atom is 0.426 e. The van der Waals surface area contributed by atoms with Crippen molar-refractivity contribution in [1.29, 1.82) is 0 Å². The number of unbranched alkanes of at least 4 members (excludes halogenated alkanes) is 1. The Morgan fingerprint density at radius 1 is 0.898 bits per heavy atom. The van der Waals surface area contributed by atoms with E-state index < -0.39 is 16.1 Å². The molecule has 0 unspecified atom stereocenters. The Labute approximate surface area is 287 Å². The van der Waals surface area contributed by atoms with E-state index in [0.717, 1.165) is 78.6 Å². The number of fused-ring (bicyclic) bond motifs is 1. The number of sulfonamides is 1. The SMILES string of the molecule is CCCCc1nc2ccc(NC(=O)NC3CCCCC3)cc2n1Cc1ccc(-c2ccccc2OC(=O)NS(=O)(=O)c2ccccc2)cc1. The summed E-state index contributed by atoms with van der Waals surface area (Å²) in [6.07, 6.45) is 7.36. The Hall–Kier alpha value is -5.16. The van der Waals surface area contributed by atoms with Crippen molar-refractivity contribution in [2.45, 2.75) is 75.8 Å². The van der Waals surface area contributed by atoms with E-state index in [-0.39, 0.29) is 22.7 Å². The molecule has 1 saturated carbocycles. The van der Waals surface area contributed by atoms with Crippen LogP contribution in [0.25, 0.3) is 22.2 Å². The van der Waals surface area contributed by atoms with Gasteiger partial charge >= 0.3 is 12.1 Å². The maximum absolute atomic E-state index is 12.8. The van der Waals surface area contributed by atoms with Crippen LogP contribution in [0.1, 0.15) is 63.3 Å². The normalized spacial score (nSPS) is 13.6. The van der Waals surface area contributed by atoms with E-state index in [2.05, 4.69) is 22.1 Å². The van der Waals surface area contributed by atoms with Gasteiger partial charge in [-0.1, -0.05) is 93.3 Å². The van der Waals surface area contributed by atoms with Crippen LogP contribution in [0.4, 0.5) is 15.3 Å². The molecule has 4 aromatic carbocycles. The van der Waals surface area contributed by atoms with Crippen molar-refractivity contribution < 1.29 is 22.7 Å². The van der Waals surface area contributed by atoms with Crippen molar-refractivity contribution in [3.8, 4) is 16.9 Å². The molecule has 0 radical (unpaired) electrons. The molecule has 254 valence electrons. The number of urea groups is 1. The molecule has 0 bridgehead atoms. The van der Waals surface area contributed by atoms with Gasteiger partial charge in [-0.2, -0.15) is 0 Å². The molecule has 1 aliphatic rings. The van der Waals surface area contributed by atoms with Gasteiger partial charge in [-0.25, -0.2) is 27.7 Å². The number of carbonyl (C=O) groups is 2. The molecule has 1 fully saturated rings. The summed E-state index contributed by atoms with van der Waals surface area (Å²) < 4.78 is 34.9. The quantitative estimate of drug-likeness (QED) is 0.130. The van der Waals surface area contributed by atoms with Crippen molar-refractivity contribution in [3.63, 3.8) is 0 Å². The van der Waals surface area contributed by atoms with Gasteiger partial charge in [-0.3, -0.25) is 0 Å². The maximum atomic E-state index is 12.8. The third kappa shape index (κ3) is 8.47. The van der Waals surface area contributed by atoms with Crippen molar-refractivity contribution in [2.24, 2.45) is 0 Å². The number of hydrogen-bond acceptors (Lipinski definition) is 6. The largest absolute Gasteiger partial charge is 0.426 e. The lowest BCUT2D eigenvalue weighted by Crippen LogP contribution is -2.39. The van der Waals surface area contributed by atoms with Gasteiger partial charge in [0.05, 0.1) is 15.9 Å².